The van der Waals surface area contributed by atoms with Crippen molar-refractivity contribution >= 4 is 22.6 Å². The number of hydrogen-bond acceptors (Lipinski definition) is 3. The number of rotatable bonds is 3. The minimum absolute atomic E-state index is 0.0841. The molecule has 24 heavy (non-hydrogen) atoms. The van der Waals surface area contributed by atoms with Crippen molar-refractivity contribution in [3.05, 3.63) is 47.5 Å². The fourth-order valence-electron chi connectivity index (χ4n) is 3.14. The average Bonchev–Trinajstić information content (AvgIpc) is 3.07. The van der Waals surface area contributed by atoms with Gasteiger partial charge in [-0.25, -0.2) is 0 Å². The Bertz CT molecular complexity index is 838. The number of carbonyl (C=O) groups excluding carboxylic acids is 2. The lowest BCUT2D eigenvalue weighted by molar-refractivity contribution is -0.130. The molecule has 122 valence electrons. The molecule has 0 spiro atoms. The molecule has 1 atom stereocenters. The van der Waals surface area contributed by atoms with Crippen LogP contribution in [0.5, 0.6) is 0 Å². The van der Waals surface area contributed by atoms with Gasteiger partial charge in [-0.05, 0) is 36.6 Å². The lowest BCUT2D eigenvalue weighted by Gasteiger charge is -2.19. The van der Waals surface area contributed by atoms with Gasteiger partial charge in [-0.2, -0.15) is 5.26 Å². The van der Waals surface area contributed by atoms with Crippen LogP contribution in [0, 0.1) is 18.3 Å². The number of likely N-dealkylation sites (tertiary alicyclic amines) is 1. The molecule has 1 saturated heterocycles. The van der Waals surface area contributed by atoms with Crippen molar-refractivity contribution < 1.29 is 9.59 Å². The van der Waals surface area contributed by atoms with Crippen LogP contribution in [0.4, 0.5) is 0 Å². The first-order chi connectivity index (χ1) is 11.6. The average molecular weight is 321 g/mol. The molecule has 2 aromatic carbocycles. The number of nitriles is 1. The number of amides is 2. The van der Waals surface area contributed by atoms with Crippen LogP contribution in [0.2, 0.25) is 0 Å². The Kier molecular flexibility index (Phi) is 4.48. The Morgan fingerprint density at radius 2 is 2.17 bits per heavy atom. The number of hydrogen-bond donors (Lipinski definition) is 1. The van der Waals surface area contributed by atoms with Crippen molar-refractivity contribution in [2.75, 3.05) is 13.1 Å². The summed E-state index contributed by atoms with van der Waals surface area (Å²) in [7, 11) is 0. The van der Waals surface area contributed by atoms with Crippen molar-refractivity contribution in [3.63, 3.8) is 0 Å². The van der Waals surface area contributed by atoms with E-state index in [1.54, 1.807) is 11.0 Å². The van der Waals surface area contributed by atoms with Crippen molar-refractivity contribution in [2.45, 2.75) is 25.8 Å². The zero-order valence-electron chi connectivity index (χ0n) is 13.6. The Labute approximate surface area is 140 Å². The maximum absolute atomic E-state index is 12.5. The van der Waals surface area contributed by atoms with Crippen LogP contribution in [0.15, 0.2) is 36.4 Å². The molecular weight excluding hydrogens is 302 g/mol. The minimum atomic E-state index is -0.366. The third kappa shape index (κ3) is 3.09. The van der Waals surface area contributed by atoms with Gasteiger partial charge in [0.25, 0.3) is 5.91 Å². The molecule has 1 heterocycles. The SMILES string of the molecule is Cc1ccc2cccc(C(=O)NCC(=O)N3CCC[C@H]3C#N)c2c1. The normalized spacial score (nSPS) is 16.8. The maximum atomic E-state index is 12.5. The predicted octanol–water partition coefficient (Wildman–Crippen LogP) is 2.39. The van der Waals surface area contributed by atoms with Crippen molar-refractivity contribution in [3.8, 4) is 6.07 Å². The summed E-state index contributed by atoms with van der Waals surface area (Å²) in [5.74, 6) is -0.476. The predicted molar refractivity (Wildman–Crippen MR) is 91.4 cm³/mol. The second-order valence-corrected chi connectivity index (χ2v) is 6.09. The summed E-state index contributed by atoms with van der Waals surface area (Å²) in [6.07, 6.45) is 1.54. The van der Waals surface area contributed by atoms with Gasteiger partial charge >= 0.3 is 0 Å². The van der Waals surface area contributed by atoms with Gasteiger partial charge in [-0.15, -0.1) is 0 Å². The summed E-state index contributed by atoms with van der Waals surface area (Å²) >= 11 is 0. The molecule has 0 aromatic heterocycles. The van der Waals surface area contributed by atoms with E-state index in [-0.39, 0.29) is 24.4 Å². The largest absolute Gasteiger partial charge is 0.343 e. The molecule has 1 aliphatic rings. The molecule has 0 saturated carbocycles. The van der Waals surface area contributed by atoms with Crippen LogP contribution in [0.25, 0.3) is 10.8 Å². The van der Waals surface area contributed by atoms with E-state index in [0.717, 1.165) is 22.8 Å². The molecular formula is C19H19N3O2. The molecule has 0 aliphatic carbocycles. The second kappa shape index (κ2) is 6.71. The van der Waals surface area contributed by atoms with Crippen molar-refractivity contribution in [1.82, 2.24) is 10.2 Å². The van der Waals surface area contributed by atoms with Gasteiger partial charge in [0.05, 0.1) is 12.6 Å². The molecule has 5 nitrogen and oxygen atoms in total. The number of nitrogens with zero attached hydrogens (tertiary/aromatic N) is 2. The Hall–Kier alpha value is -2.87. The van der Waals surface area contributed by atoms with E-state index >= 15 is 0 Å². The molecule has 5 heteroatoms. The topological polar surface area (TPSA) is 73.2 Å². The zero-order chi connectivity index (χ0) is 17.1. The molecule has 2 amide bonds. The highest BCUT2D eigenvalue weighted by atomic mass is 16.2. The van der Waals surface area contributed by atoms with E-state index in [0.29, 0.717) is 18.5 Å². The van der Waals surface area contributed by atoms with Crippen LogP contribution in [0.3, 0.4) is 0 Å². The Morgan fingerprint density at radius 3 is 2.96 bits per heavy atom. The summed E-state index contributed by atoms with van der Waals surface area (Å²) < 4.78 is 0. The molecule has 1 N–H and O–H groups in total. The smallest absolute Gasteiger partial charge is 0.252 e. The van der Waals surface area contributed by atoms with Crippen molar-refractivity contribution in [2.24, 2.45) is 0 Å². The summed E-state index contributed by atoms with van der Waals surface area (Å²) in [4.78, 5) is 26.3. The standard InChI is InChI=1S/C19H19N3O2/c1-13-7-8-14-4-2-6-16(17(14)10-13)19(24)21-12-18(23)22-9-3-5-15(22)11-20/h2,4,6-8,10,15H,3,5,9,12H2,1H3,(H,21,24)/t15-/m0/s1. The summed E-state index contributed by atoms with van der Waals surface area (Å²) in [6.45, 7) is 2.48. The highest BCUT2D eigenvalue weighted by molar-refractivity contribution is 6.08. The molecule has 2 aromatic rings. The van der Waals surface area contributed by atoms with Crippen LogP contribution >= 0.6 is 0 Å². The zero-order valence-corrected chi connectivity index (χ0v) is 13.6. The molecule has 1 aliphatic heterocycles. The van der Waals surface area contributed by atoms with E-state index in [4.69, 9.17) is 5.26 Å². The number of fused-ring (bicyclic) bond motifs is 1. The van der Waals surface area contributed by atoms with Gasteiger partial charge < -0.3 is 10.2 Å². The first kappa shape index (κ1) is 16.0. The lowest BCUT2D eigenvalue weighted by Crippen LogP contribution is -2.42. The number of benzene rings is 2. The van der Waals surface area contributed by atoms with Crippen LogP contribution in [-0.2, 0) is 4.79 Å². The Balaban J connectivity index is 1.73. The molecule has 1 fully saturated rings. The number of carbonyl (C=O) groups is 2. The first-order valence-electron chi connectivity index (χ1n) is 8.07. The van der Waals surface area contributed by atoms with Crippen LogP contribution in [0.1, 0.15) is 28.8 Å². The third-order valence-corrected chi connectivity index (χ3v) is 4.40. The second-order valence-electron chi connectivity index (χ2n) is 6.09. The molecule has 0 unspecified atom stereocenters. The summed E-state index contributed by atoms with van der Waals surface area (Å²) in [5, 5.41) is 13.6. The van der Waals surface area contributed by atoms with Gasteiger partial charge in [0.1, 0.15) is 6.04 Å². The van der Waals surface area contributed by atoms with Crippen LogP contribution in [-0.4, -0.2) is 35.8 Å². The fourth-order valence-corrected chi connectivity index (χ4v) is 3.14. The van der Waals surface area contributed by atoms with Gasteiger partial charge in [-0.3, -0.25) is 9.59 Å². The monoisotopic (exact) mass is 321 g/mol. The van der Waals surface area contributed by atoms with E-state index in [1.165, 1.54) is 0 Å². The van der Waals surface area contributed by atoms with Gasteiger partial charge in [-0.1, -0.05) is 35.9 Å². The molecule has 0 radical (unpaired) electrons. The lowest BCUT2D eigenvalue weighted by atomic mass is 10.0. The Morgan fingerprint density at radius 1 is 1.33 bits per heavy atom. The summed E-state index contributed by atoms with van der Waals surface area (Å²) in [5.41, 5.74) is 1.63. The first-order valence-corrected chi connectivity index (χ1v) is 8.07. The van der Waals surface area contributed by atoms with Crippen LogP contribution < -0.4 is 5.32 Å². The highest BCUT2D eigenvalue weighted by Crippen LogP contribution is 2.20. The third-order valence-electron chi connectivity index (χ3n) is 4.40. The van der Waals surface area contributed by atoms with E-state index in [1.807, 2.05) is 37.3 Å². The molecule has 3 rings (SSSR count). The number of aryl methyl sites for hydroxylation is 1. The molecule has 0 bridgehead atoms. The fraction of sp³-hybridized carbons (Fsp3) is 0.316. The maximum Gasteiger partial charge on any atom is 0.252 e. The number of nitrogens with one attached hydrogen (secondary N) is 1. The van der Waals surface area contributed by atoms with Crippen molar-refractivity contribution in [1.29, 1.82) is 5.26 Å². The highest BCUT2D eigenvalue weighted by Gasteiger charge is 2.28. The van der Waals surface area contributed by atoms with E-state index in [2.05, 4.69) is 11.4 Å². The van der Waals surface area contributed by atoms with E-state index < -0.39 is 0 Å². The van der Waals surface area contributed by atoms with E-state index in [9.17, 15) is 9.59 Å². The van der Waals surface area contributed by atoms with Gasteiger partial charge in [0, 0.05) is 12.1 Å². The summed E-state index contributed by atoms with van der Waals surface area (Å²) in [6, 6.07) is 13.3. The van der Waals surface area contributed by atoms with Gasteiger partial charge in [0.15, 0.2) is 0 Å². The quantitative estimate of drug-likeness (QED) is 0.943. The van der Waals surface area contributed by atoms with Gasteiger partial charge in [0.2, 0.25) is 5.91 Å². The minimum Gasteiger partial charge on any atom is -0.343 e.